The van der Waals surface area contributed by atoms with Crippen LogP contribution < -0.4 is 5.32 Å². The molecule has 3 fully saturated rings. The first-order valence-electron chi connectivity index (χ1n) is 11.7. The number of hydrogen-bond donors (Lipinski definition) is 1. The molecule has 1 aliphatic carbocycles. The Balaban J connectivity index is 1.55. The van der Waals surface area contributed by atoms with Crippen LogP contribution in [0.3, 0.4) is 0 Å². The summed E-state index contributed by atoms with van der Waals surface area (Å²) in [4.78, 5) is 26.3. The van der Waals surface area contributed by atoms with Gasteiger partial charge in [0.25, 0.3) is 10.2 Å². The molecule has 3 aliphatic rings. The third-order valence-electron chi connectivity index (χ3n) is 7.21. The summed E-state index contributed by atoms with van der Waals surface area (Å²) in [6.07, 6.45) is 4.31. The molecule has 0 spiro atoms. The second-order valence-electron chi connectivity index (χ2n) is 9.17. The average Bonchev–Trinajstić information content (AvgIpc) is 2.77. The highest BCUT2D eigenvalue weighted by atomic mass is 32.2. The van der Waals surface area contributed by atoms with Gasteiger partial charge in [0.15, 0.2) is 0 Å². The number of piperazine rings is 1. The first kappa shape index (κ1) is 24.3. The second kappa shape index (κ2) is 10.5. The van der Waals surface area contributed by atoms with Gasteiger partial charge in [-0.15, -0.1) is 0 Å². The SMILES string of the molecule is CCOC(=O)N1CCN(S(=O)(=O)N2CCCC(C(=O)NC3CCCC(C)C3C)C2)CC1. The van der Waals surface area contributed by atoms with Crippen LogP contribution in [-0.2, 0) is 19.7 Å². The molecule has 4 atom stereocenters. The van der Waals surface area contributed by atoms with E-state index in [0.29, 0.717) is 50.9 Å². The molecular weight excluding hydrogens is 420 g/mol. The molecule has 2 saturated heterocycles. The Kier molecular flexibility index (Phi) is 8.20. The van der Waals surface area contributed by atoms with Gasteiger partial charge < -0.3 is 15.0 Å². The van der Waals surface area contributed by atoms with Gasteiger partial charge in [-0.3, -0.25) is 4.79 Å². The molecule has 1 N–H and O–H groups in total. The molecule has 4 unspecified atom stereocenters. The molecule has 0 aromatic heterocycles. The van der Waals surface area contributed by atoms with Gasteiger partial charge in [-0.1, -0.05) is 26.7 Å². The van der Waals surface area contributed by atoms with Crippen LogP contribution in [0.25, 0.3) is 0 Å². The molecule has 0 aromatic carbocycles. The summed E-state index contributed by atoms with van der Waals surface area (Å²) in [6, 6.07) is 0.180. The Hall–Kier alpha value is -1.39. The van der Waals surface area contributed by atoms with E-state index in [-0.39, 0.29) is 37.5 Å². The number of hydrogen-bond acceptors (Lipinski definition) is 5. The summed E-state index contributed by atoms with van der Waals surface area (Å²) >= 11 is 0. The number of rotatable bonds is 5. The molecule has 2 aliphatic heterocycles. The maximum atomic E-state index is 13.2. The minimum Gasteiger partial charge on any atom is -0.450 e. The third kappa shape index (κ3) is 5.70. The molecule has 10 heteroatoms. The van der Waals surface area contributed by atoms with Crippen LogP contribution in [0.2, 0.25) is 0 Å². The fraction of sp³-hybridized carbons (Fsp3) is 0.905. The number of carbonyl (C=O) groups is 2. The van der Waals surface area contributed by atoms with Gasteiger partial charge in [-0.05, 0) is 38.0 Å². The smallest absolute Gasteiger partial charge is 0.409 e. The van der Waals surface area contributed by atoms with E-state index in [9.17, 15) is 18.0 Å². The van der Waals surface area contributed by atoms with Gasteiger partial charge in [0.2, 0.25) is 5.91 Å². The Bertz CT molecular complexity index is 738. The second-order valence-corrected chi connectivity index (χ2v) is 11.1. The summed E-state index contributed by atoms with van der Waals surface area (Å²) in [5.41, 5.74) is 0. The molecule has 3 rings (SSSR count). The highest BCUT2D eigenvalue weighted by Crippen LogP contribution is 2.30. The number of amides is 2. The van der Waals surface area contributed by atoms with Crippen LogP contribution in [0, 0.1) is 17.8 Å². The summed E-state index contributed by atoms with van der Waals surface area (Å²) in [5, 5.41) is 3.22. The monoisotopic (exact) mass is 458 g/mol. The van der Waals surface area contributed by atoms with Crippen molar-refractivity contribution < 1.29 is 22.7 Å². The number of carbonyl (C=O) groups excluding carboxylic acids is 2. The first-order valence-corrected chi connectivity index (χ1v) is 13.1. The lowest BCUT2D eigenvalue weighted by Gasteiger charge is -2.39. The average molecular weight is 459 g/mol. The molecule has 178 valence electrons. The van der Waals surface area contributed by atoms with Gasteiger partial charge in [0.05, 0.1) is 12.5 Å². The van der Waals surface area contributed by atoms with Crippen molar-refractivity contribution in [3.8, 4) is 0 Å². The largest absolute Gasteiger partial charge is 0.450 e. The Morgan fingerprint density at radius 1 is 0.968 bits per heavy atom. The van der Waals surface area contributed by atoms with E-state index >= 15 is 0 Å². The number of nitrogens with zero attached hydrogens (tertiary/aromatic N) is 3. The standard InChI is InChI=1S/C21H38N4O5S/c1-4-30-21(27)23-11-13-24(14-12-23)31(28,29)25-10-6-8-18(15-25)20(26)22-19-9-5-7-16(2)17(19)3/h16-19H,4-15H2,1-3H3,(H,22,26). The van der Waals surface area contributed by atoms with Gasteiger partial charge >= 0.3 is 6.09 Å². The predicted molar refractivity (Wildman–Crippen MR) is 117 cm³/mol. The minimum atomic E-state index is -3.66. The summed E-state index contributed by atoms with van der Waals surface area (Å²) < 4.78 is 34.2. The van der Waals surface area contributed by atoms with Crippen molar-refractivity contribution >= 4 is 22.2 Å². The molecule has 31 heavy (non-hydrogen) atoms. The maximum absolute atomic E-state index is 13.2. The van der Waals surface area contributed by atoms with Crippen LogP contribution in [0.1, 0.15) is 52.9 Å². The molecule has 0 aromatic rings. The van der Waals surface area contributed by atoms with Crippen molar-refractivity contribution in [2.45, 2.75) is 58.9 Å². The maximum Gasteiger partial charge on any atom is 0.409 e. The summed E-state index contributed by atoms with van der Waals surface area (Å²) in [5.74, 6) is 0.708. The van der Waals surface area contributed by atoms with E-state index in [1.807, 2.05) is 0 Å². The zero-order valence-corrected chi connectivity index (χ0v) is 19.9. The molecule has 0 bridgehead atoms. The molecular formula is C21H38N4O5S. The van der Waals surface area contributed by atoms with Gasteiger partial charge in [0, 0.05) is 45.3 Å². The topological polar surface area (TPSA) is 99.3 Å². The fourth-order valence-electron chi connectivity index (χ4n) is 4.93. The van der Waals surface area contributed by atoms with Gasteiger partial charge in [-0.25, -0.2) is 4.79 Å². The normalized spacial score (nSPS) is 31.3. The molecule has 0 radical (unpaired) electrons. The van der Waals surface area contributed by atoms with E-state index in [0.717, 1.165) is 12.8 Å². The summed E-state index contributed by atoms with van der Waals surface area (Å²) in [7, 11) is -3.66. The minimum absolute atomic E-state index is 0.0158. The Morgan fingerprint density at radius 2 is 1.68 bits per heavy atom. The summed E-state index contributed by atoms with van der Waals surface area (Å²) in [6.45, 7) is 8.25. The van der Waals surface area contributed by atoms with Crippen LogP contribution >= 0.6 is 0 Å². The van der Waals surface area contributed by atoms with Crippen molar-refractivity contribution in [2.75, 3.05) is 45.9 Å². The Labute approximate surface area is 186 Å². The zero-order chi connectivity index (χ0) is 22.6. The van der Waals surface area contributed by atoms with E-state index in [1.165, 1.54) is 19.9 Å². The van der Waals surface area contributed by atoms with Crippen LogP contribution in [0.5, 0.6) is 0 Å². The zero-order valence-electron chi connectivity index (χ0n) is 19.1. The molecule has 1 saturated carbocycles. The molecule has 2 amide bonds. The van der Waals surface area contributed by atoms with Crippen LogP contribution in [0.4, 0.5) is 4.79 Å². The van der Waals surface area contributed by atoms with E-state index in [2.05, 4.69) is 19.2 Å². The van der Waals surface area contributed by atoms with Crippen molar-refractivity contribution in [1.29, 1.82) is 0 Å². The fourth-order valence-corrected chi connectivity index (χ4v) is 6.61. The number of nitrogens with one attached hydrogen (secondary N) is 1. The van der Waals surface area contributed by atoms with E-state index < -0.39 is 16.3 Å². The van der Waals surface area contributed by atoms with Crippen molar-refractivity contribution in [3.05, 3.63) is 0 Å². The molecule has 2 heterocycles. The number of ether oxygens (including phenoxy) is 1. The van der Waals surface area contributed by atoms with Crippen LogP contribution in [-0.4, -0.2) is 85.8 Å². The predicted octanol–water partition coefficient (Wildman–Crippen LogP) is 1.66. The highest BCUT2D eigenvalue weighted by Gasteiger charge is 2.39. The van der Waals surface area contributed by atoms with E-state index in [1.54, 1.807) is 6.92 Å². The lowest BCUT2D eigenvalue weighted by Crippen LogP contribution is -2.56. The third-order valence-corrected chi connectivity index (χ3v) is 9.21. The van der Waals surface area contributed by atoms with Crippen molar-refractivity contribution in [3.63, 3.8) is 0 Å². The van der Waals surface area contributed by atoms with Gasteiger partial charge in [-0.2, -0.15) is 17.0 Å². The lowest BCUT2D eigenvalue weighted by molar-refractivity contribution is -0.127. The first-order chi connectivity index (χ1) is 14.7. The number of piperidine rings is 1. The highest BCUT2D eigenvalue weighted by molar-refractivity contribution is 7.86. The van der Waals surface area contributed by atoms with Crippen molar-refractivity contribution in [1.82, 2.24) is 18.8 Å². The molecule has 9 nitrogen and oxygen atoms in total. The van der Waals surface area contributed by atoms with Crippen LogP contribution in [0.15, 0.2) is 0 Å². The van der Waals surface area contributed by atoms with E-state index in [4.69, 9.17) is 4.74 Å². The Morgan fingerprint density at radius 3 is 2.35 bits per heavy atom. The van der Waals surface area contributed by atoms with Crippen molar-refractivity contribution in [2.24, 2.45) is 17.8 Å². The quantitative estimate of drug-likeness (QED) is 0.675. The van der Waals surface area contributed by atoms with Gasteiger partial charge in [0.1, 0.15) is 0 Å². The lowest BCUT2D eigenvalue weighted by atomic mass is 9.78.